The minimum atomic E-state index is -0.734. The summed E-state index contributed by atoms with van der Waals surface area (Å²) in [6, 6.07) is 14.3. The van der Waals surface area contributed by atoms with Gasteiger partial charge in [-0.15, -0.1) is 0 Å². The number of carbonyl (C=O) groups is 2. The van der Waals surface area contributed by atoms with E-state index in [-0.39, 0.29) is 12.3 Å². The van der Waals surface area contributed by atoms with Crippen LogP contribution >= 0.6 is 11.6 Å². The van der Waals surface area contributed by atoms with E-state index in [0.29, 0.717) is 10.8 Å². The molecule has 0 bridgehead atoms. The molecule has 6 heteroatoms. The van der Waals surface area contributed by atoms with Gasteiger partial charge in [0.2, 0.25) is 5.91 Å². The number of rotatable bonds is 5. The molecule has 0 aliphatic carbocycles. The monoisotopic (exact) mass is 346 g/mol. The summed E-state index contributed by atoms with van der Waals surface area (Å²) in [6.07, 6.45) is -0.591. The fourth-order valence-electron chi connectivity index (χ4n) is 2.00. The molecule has 0 saturated carbocycles. The molecule has 0 aromatic heterocycles. The van der Waals surface area contributed by atoms with Crippen molar-refractivity contribution < 1.29 is 14.3 Å². The first-order chi connectivity index (χ1) is 11.5. The second-order valence-corrected chi connectivity index (χ2v) is 5.80. The van der Waals surface area contributed by atoms with Crippen molar-refractivity contribution in [2.75, 3.05) is 0 Å². The Morgan fingerprint density at radius 1 is 1.08 bits per heavy atom. The molecule has 0 aliphatic heterocycles. The zero-order chi connectivity index (χ0) is 17.5. The van der Waals surface area contributed by atoms with Crippen LogP contribution in [0.15, 0.2) is 48.5 Å². The number of hydrogen-bond acceptors (Lipinski definition) is 3. The zero-order valence-electron chi connectivity index (χ0n) is 13.5. The first-order valence-electron chi connectivity index (χ1n) is 7.51. The van der Waals surface area contributed by atoms with Gasteiger partial charge in [-0.3, -0.25) is 20.4 Å². The van der Waals surface area contributed by atoms with Crippen LogP contribution in [0.25, 0.3) is 0 Å². The van der Waals surface area contributed by atoms with E-state index in [2.05, 4.69) is 10.9 Å². The number of para-hydroxylation sites is 1. The predicted molar refractivity (Wildman–Crippen MR) is 92.7 cm³/mol. The smallest absolute Gasteiger partial charge is 0.279 e. The summed E-state index contributed by atoms with van der Waals surface area (Å²) in [4.78, 5) is 23.8. The Hall–Kier alpha value is -2.53. The third-order valence-corrected chi connectivity index (χ3v) is 3.62. The van der Waals surface area contributed by atoms with Crippen LogP contribution in [0.2, 0.25) is 5.02 Å². The summed E-state index contributed by atoms with van der Waals surface area (Å²) in [5.41, 5.74) is 6.47. The molecule has 0 saturated heterocycles. The van der Waals surface area contributed by atoms with Gasteiger partial charge in [0.25, 0.3) is 5.91 Å². The summed E-state index contributed by atoms with van der Waals surface area (Å²) in [7, 11) is 0. The summed E-state index contributed by atoms with van der Waals surface area (Å²) in [5, 5.41) is 0.606. The van der Waals surface area contributed by atoms with E-state index < -0.39 is 12.0 Å². The van der Waals surface area contributed by atoms with Gasteiger partial charge in [0.05, 0.1) is 6.42 Å². The van der Waals surface area contributed by atoms with Crippen molar-refractivity contribution in [3.63, 3.8) is 0 Å². The Morgan fingerprint density at radius 2 is 1.75 bits per heavy atom. The predicted octanol–water partition coefficient (Wildman–Crippen LogP) is 2.81. The SMILES string of the molecule is Cc1ccccc1OC(C)C(=O)NNC(=O)Cc1ccc(Cl)cc1. The number of aryl methyl sites for hydroxylation is 1. The molecular formula is C18H19ClN2O3. The molecule has 2 N–H and O–H groups in total. The van der Waals surface area contributed by atoms with Crippen molar-refractivity contribution in [1.29, 1.82) is 0 Å². The lowest BCUT2D eigenvalue weighted by Crippen LogP contribution is -2.47. The average molecular weight is 347 g/mol. The minimum Gasteiger partial charge on any atom is -0.481 e. The van der Waals surface area contributed by atoms with Gasteiger partial charge in [-0.2, -0.15) is 0 Å². The molecule has 2 amide bonds. The van der Waals surface area contributed by atoms with Crippen LogP contribution in [-0.4, -0.2) is 17.9 Å². The van der Waals surface area contributed by atoms with Crippen molar-refractivity contribution in [1.82, 2.24) is 10.9 Å². The molecule has 5 nitrogen and oxygen atoms in total. The van der Waals surface area contributed by atoms with Gasteiger partial charge in [0.1, 0.15) is 5.75 Å². The van der Waals surface area contributed by atoms with Crippen molar-refractivity contribution in [3.05, 3.63) is 64.7 Å². The Morgan fingerprint density at radius 3 is 2.42 bits per heavy atom. The highest BCUT2D eigenvalue weighted by atomic mass is 35.5. The minimum absolute atomic E-state index is 0.143. The molecular weight excluding hydrogens is 328 g/mol. The van der Waals surface area contributed by atoms with E-state index in [4.69, 9.17) is 16.3 Å². The molecule has 0 aliphatic rings. The van der Waals surface area contributed by atoms with Crippen molar-refractivity contribution in [2.24, 2.45) is 0 Å². The summed E-state index contributed by atoms with van der Waals surface area (Å²) >= 11 is 5.79. The average Bonchev–Trinajstić information content (AvgIpc) is 2.56. The van der Waals surface area contributed by atoms with Crippen LogP contribution in [0.5, 0.6) is 5.75 Å². The Kier molecular flexibility index (Phi) is 6.21. The number of nitrogens with one attached hydrogen (secondary N) is 2. The largest absolute Gasteiger partial charge is 0.481 e. The highest BCUT2D eigenvalue weighted by Gasteiger charge is 2.16. The number of halogens is 1. The van der Waals surface area contributed by atoms with Gasteiger partial charge in [-0.25, -0.2) is 0 Å². The van der Waals surface area contributed by atoms with Gasteiger partial charge in [0.15, 0.2) is 6.10 Å². The third-order valence-electron chi connectivity index (χ3n) is 3.37. The molecule has 0 fully saturated rings. The van der Waals surface area contributed by atoms with Crippen molar-refractivity contribution >= 4 is 23.4 Å². The van der Waals surface area contributed by atoms with Crippen molar-refractivity contribution in [2.45, 2.75) is 26.4 Å². The van der Waals surface area contributed by atoms with Gasteiger partial charge in [-0.1, -0.05) is 41.9 Å². The summed E-state index contributed by atoms with van der Waals surface area (Å²) < 4.78 is 5.59. The molecule has 2 aromatic carbocycles. The number of hydrazine groups is 1. The molecule has 24 heavy (non-hydrogen) atoms. The standard InChI is InChI=1S/C18H19ClN2O3/c1-12-5-3-4-6-16(12)24-13(2)18(23)21-20-17(22)11-14-7-9-15(19)10-8-14/h3-10,13H,11H2,1-2H3,(H,20,22)(H,21,23). The van der Waals surface area contributed by atoms with E-state index in [1.165, 1.54) is 0 Å². The number of hydrogen-bond donors (Lipinski definition) is 2. The van der Waals surface area contributed by atoms with Crippen LogP contribution in [-0.2, 0) is 16.0 Å². The fraction of sp³-hybridized carbons (Fsp3) is 0.222. The number of benzene rings is 2. The Bertz CT molecular complexity index is 716. The lowest BCUT2D eigenvalue weighted by molar-refractivity contribution is -0.132. The molecule has 1 unspecified atom stereocenters. The molecule has 2 rings (SSSR count). The van der Waals surface area contributed by atoms with Gasteiger partial charge in [0, 0.05) is 5.02 Å². The fourth-order valence-corrected chi connectivity index (χ4v) is 2.12. The first-order valence-corrected chi connectivity index (χ1v) is 7.89. The van der Waals surface area contributed by atoms with E-state index in [1.54, 1.807) is 37.3 Å². The van der Waals surface area contributed by atoms with Crippen molar-refractivity contribution in [3.8, 4) is 5.75 Å². The van der Waals surface area contributed by atoms with Gasteiger partial charge in [-0.05, 0) is 43.2 Å². The number of ether oxygens (including phenoxy) is 1. The van der Waals surface area contributed by atoms with E-state index in [9.17, 15) is 9.59 Å². The Balaban J connectivity index is 1.80. The van der Waals surface area contributed by atoms with Gasteiger partial charge >= 0.3 is 0 Å². The molecule has 0 radical (unpaired) electrons. The molecule has 126 valence electrons. The van der Waals surface area contributed by atoms with E-state index in [0.717, 1.165) is 11.1 Å². The van der Waals surface area contributed by atoms with Gasteiger partial charge < -0.3 is 4.74 Å². The van der Waals surface area contributed by atoms with Crippen LogP contribution in [0.3, 0.4) is 0 Å². The second kappa shape index (κ2) is 8.36. The highest BCUT2D eigenvalue weighted by molar-refractivity contribution is 6.30. The Labute approximate surface area is 145 Å². The molecule has 2 aromatic rings. The maximum Gasteiger partial charge on any atom is 0.279 e. The van der Waals surface area contributed by atoms with Crippen LogP contribution in [0.4, 0.5) is 0 Å². The first kappa shape index (κ1) is 17.8. The molecule has 1 atom stereocenters. The number of amides is 2. The molecule has 0 spiro atoms. The van der Waals surface area contributed by atoms with Crippen LogP contribution in [0, 0.1) is 6.92 Å². The quantitative estimate of drug-likeness (QED) is 0.818. The highest BCUT2D eigenvalue weighted by Crippen LogP contribution is 2.17. The van der Waals surface area contributed by atoms with Crippen LogP contribution in [0.1, 0.15) is 18.1 Å². The molecule has 0 heterocycles. The van der Waals surface area contributed by atoms with E-state index >= 15 is 0 Å². The zero-order valence-corrected chi connectivity index (χ0v) is 14.3. The second-order valence-electron chi connectivity index (χ2n) is 5.37. The topological polar surface area (TPSA) is 67.4 Å². The summed E-state index contributed by atoms with van der Waals surface area (Å²) in [5.74, 6) is -0.121. The number of carbonyl (C=O) groups excluding carboxylic acids is 2. The lowest BCUT2D eigenvalue weighted by Gasteiger charge is -2.16. The maximum absolute atomic E-state index is 12.0. The van der Waals surface area contributed by atoms with E-state index in [1.807, 2.05) is 25.1 Å². The normalized spacial score (nSPS) is 11.5. The maximum atomic E-state index is 12.0. The lowest BCUT2D eigenvalue weighted by atomic mass is 10.1. The third kappa shape index (κ3) is 5.28. The van der Waals surface area contributed by atoms with Crippen LogP contribution < -0.4 is 15.6 Å². The summed E-state index contributed by atoms with van der Waals surface area (Å²) in [6.45, 7) is 3.51.